The molecular formula is C13H30S8. The van der Waals surface area contributed by atoms with Gasteiger partial charge in [-0.25, -0.2) is 0 Å². The van der Waals surface area contributed by atoms with E-state index in [0.29, 0.717) is 0 Å². The summed E-state index contributed by atoms with van der Waals surface area (Å²) < 4.78 is 0. The lowest BCUT2D eigenvalue weighted by atomic mass is 10.6. The summed E-state index contributed by atoms with van der Waals surface area (Å²) in [7, 11) is 0. The van der Waals surface area contributed by atoms with Gasteiger partial charge in [-0.3, -0.25) is 0 Å². The van der Waals surface area contributed by atoms with Gasteiger partial charge >= 0.3 is 0 Å². The van der Waals surface area contributed by atoms with Gasteiger partial charge in [-0.15, -0.1) is 0 Å². The van der Waals surface area contributed by atoms with Crippen molar-refractivity contribution in [3.8, 4) is 0 Å². The molecule has 0 N–H and O–H groups in total. The Balaban J connectivity index is 0. The summed E-state index contributed by atoms with van der Waals surface area (Å²) in [4.78, 5) is 0. The molecule has 0 bridgehead atoms. The molecule has 0 atom stereocenters. The van der Waals surface area contributed by atoms with Gasteiger partial charge < -0.3 is 0 Å². The SMILES string of the molecule is SCCCSCCSCCCS.SCSCCCSCS. The maximum atomic E-state index is 4.16. The van der Waals surface area contributed by atoms with Crippen molar-refractivity contribution in [2.24, 2.45) is 0 Å². The number of thioether (sulfide) groups is 4. The van der Waals surface area contributed by atoms with Gasteiger partial charge in [0.25, 0.3) is 0 Å². The lowest BCUT2D eigenvalue weighted by Gasteiger charge is -2.00. The third kappa shape index (κ3) is 31.1. The molecule has 0 aromatic rings. The molecule has 130 valence electrons. The van der Waals surface area contributed by atoms with Crippen molar-refractivity contribution in [3.05, 3.63) is 0 Å². The van der Waals surface area contributed by atoms with E-state index in [9.17, 15) is 0 Å². The lowest BCUT2D eigenvalue weighted by molar-refractivity contribution is 1.12. The molecule has 21 heavy (non-hydrogen) atoms. The van der Waals surface area contributed by atoms with Crippen LogP contribution in [0.3, 0.4) is 0 Å². The summed E-state index contributed by atoms with van der Waals surface area (Å²) in [6.45, 7) is 0. The zero-order valence-electron chi connectivity index (χ0n) is 12.6. The molecule has 0 aliphatic rings. The van der Waals surface area contributed by atoms with Crippen molar-refractivity contribution in [3.63, 3.8) is 0 Å². The van der Waals surface area contributed by atoms with Crippen molar-refractivity contribution in [2.75, 3.05) is 56.2 Å². The van der Waals surface area contributed by atoms with Crippen LogP contribution in [0.5, 0.6) is 0 Å². The van der Waals surface area contributed by atoms with Crippen molar-refractivity contribution < 1.29 is 0 Å². The Morgan fingerprint density at radius 3 is 1.14 bits per heavy atom. The maximum Gasteiger partial charge on any atom is 0.0361 e. The zero-order chi connectivity index (χ0) is 16.0. The topological polar surface area (TPSA) is 0 Å². The molecule has 0 amide bonds. The molecule has 0 fully saturated rings. The molecule has 0 unspecified atom stereocenters. The third-order valence-electron chi connectivity index (χ3n) is 2.03. The highest BCUT2D eigenvalue weighted by atomic mass is 32.2. The van der Waals surface area contributed by atoms with E-state index in [1.54, 1.807) is 0 Å². The maximum absolute atomic E-state index is 4.16. The van der Waals surface area contributed by atoms with Crippen LogP contribution < -0.4 is 0 Å². The van der Waals surface area contributed by atoms with Crippen molar-refractivity contribution in [1.82, 2.24) is 0 Å². The van der Waals surface area contributed by atoms with Gasteiger partial charge in [0, 0.05) is 21.7 Å². The Bertz CT molecular complexity index is 143. The first-order valence-corrected chi connectivity index (χ1v) is 14.2. The fraction of sp³-hybridized carbons (Fsp3) is 1.00. The first-order chi connectivity index (χ1) is 10.3. The molecule has 0 nitrogen and oxygen atoms in total. The van der Waals surface area contributed by atoms with Crippen LogP contribution in [-0.2, 0) is 0 Å². The van der Waals surface area contributed by atoms with Crippen molar-refractivity contribution in [1.29, 1.82) is 0 Å². The second-order valence-corrected chi connectivity index (χ2v) is 10.8. The van der Waals surface area contributed by atoms with E-state index < -0.39 is 0 Å². The average Bonchev–Trinajstić information content (AvgIpc) is 2.51. The van der Waals surface area contributed by atoms with E-state index in [0.717, 1.165) is 21.7 Å². The molecule has 0 saturated heterocycles. The summed E-state index contributed by atoms with van der Waals surface area (Å²) in [5.74, 6) is 9.68. The predicted octanol–water partition coefficient (Wildman–Crippen LogP) is 5.71. The highest BCUT2D eigenvalue weighted by molar-refractivity contribution is 8.10. The van der Waals surface area contributed by atoms with Gasteiger partial charge in [-0.1, -0.05) is 0 Å². The van der Waals surface area contributed by atoms with Crippen molar-refractivity contribution in [2.45, 2.75) is 19.3 Å². The van der Waals surface area contributed by atoms with E-state index in [1.165, 1.54) is 53.8 Å². The Hall–Kier alpha value is 2.80. The number of hydrogen-bond acceptors (Lipinski definition) is 8. The van der Waals surface area contributed by atoms with Gasteiger partial charge in [-0.2, -0.15) is 97.6 Å². The fourth-order valence-electron chi connectivity index (χ4n) is 1.05. The van der Waals surface area contributed by atoms with Crippen LogP contribution in [0, 0.1) is 0 Å². The standard InChI is InChI=1S/C8H18S4.C5H12S4/c9-3-1-5-11-7-8-12-6-2-4-10;6-4-8-2-1-3-9-5-7/h9-10H,1-8H2;6-7H,1-5H2. The average molecular weight is 443 g/mol. The van der Waals surface area contributed by atoms with Crippen LogP contribution in [0.25, 0.3) is 0 Å². The number of rotatable bonds is 15. The summed E-state index contributed by atoms with van der Waals surface area (Å²) in [6, 6.07) is 0. The van der Waals surface area contributed by atoms with Gasteiger partial charge in [0.15, 0.2) is 0 Å². The first kappa shape index (κ1) is 26.0. The largest absolute Gasteiger partial charge is 0.179 e. The fourth-order valence-corrected chi connectivity index (χ4v) is 5.75. The Kier molecular flexibility index (Phi) is 34.3. The Morgan fingerprint density at radius 1 is 0.429 bits per heavy atom. The summed E-state index contributed by atoms with van der Waals surface area (Å²) in [6.07, 6.45) is 3.78. The van der Waals surface area contributed by atoms with E-state index in [-0.39, 0.29) is 0 Å². The number of thiol groups is 4. The molecule has 8 heteroatoms. The van der Waals surface area contributed by atoms with Gasteiger partial charge in [0.05, 0.1) is 0 Å². The van der Waals surface area contributed by atoms with E-state index in [1.807, 2.05) is 47.0 Å². The minimum atomic E-state index is 0.950. The summed E-state index contributed by atoms with van der Waals surface area (Å²) in [5.41, 5.74) is 0. The second kappa shape index (κ2) is 27.6. The Labute approximate surface area is 171 Å². The molecule has 0 heterocycles. The second-order valence-electron chi connectivity index (χ2n) is 3.81. The summed E-state index contributed by atoms with van der Waals surface area (Å²) >= 11 is 24.4. The molecule has 0 aliphatic carbocycles. The van der Waals surface area contributed by atoms with Crippen LogP contribution in [0.4, 0.5) is 0 Å². The molecule has 0 spiro atoms. The molecule has 0 aliphatic heterocycles. The normalized spacial score (nSPS) is 10.3. The monoisotopic (exact) mass is 442 g/mol. The molecular weight excluding hydrogens is 413 g/mol. The lowest BCUT2D eigenvalue weighted by Crippen LogP contribution is -1.90. The molecule has 0 saturated carbocycles. The highest BCUT2D eigenvalue weighted by Gasteiger charge is 1.90. The van der Waals surface area contributed by atoms with E-state index in [2.05, 4.69) is 50.5 Å². The quantitative estimate of drug-likeness (QED) is 0.146. The molecule has 0 rings (SSSR count). The van der Waals surface area contributed by atoms with Crippen LogP contribution in [-0.4, -0.2) is 56.2 Å². The zero-order valence-corrected chi connectivity index (χ0v) is 19.5. The van der Waals surface area contributed by atoms with Crippen molar-refractivity contribution >= 4 is 97.6 Å². The van der Waals surface area contributed by atoms with Crippen LogP contribution in [0.1, 0.15) is 19.3 Å². The van der Waals surface area contributed by atoms with E-state index in [4.69, 9.17) is 0 Å². The van der Waals surface area contributed by atoms with Gasteiger partial charge in [0.2, 0.25) is 0 Å². The van der Waals surface area contributed by atoms with Crippen LogP contribution in [0.15, 0.2) is 0 Å². The minimum absolute atomic E-state index is 0.950. The Morgan fingerprint density at radius 2 is 0.810 bits per heavy atom. The third-order valence-corrected chi connectivity index (χ3v) is 7.67. The highest BCUT2D eigenvalue weighted by Crippen LogP contribution is 2.10. The van der Waals surface area contributed by atoms with Gasteiger partial charge in [-0.05, 0) is 53.8 Å². The van der Waals surface area contributed by atoms with E-state index >= 15 is 0 Å². The first-order valence-electron chi connectivity index (χ1n) is 7.07. The smallest absolute Gasteiger partial charge is 0.0361 e. The minimum Gasteiger partial charge on any atom is -0.179 e. The molecule has 0 aromatic carbocycles. The van der Waals surface area contributed by atoms with Gasteiger partial charge in [0.1, 0.15) is 0 Å². The predicted molar refractivity (Wildman–Crippen MR) is 129 cm³/mol. The van der Waals surface area contributed by atoms with Crippen LogP contribution in [0.2, 0.25) is 0 Å². The van der Waals surface area contributed by atoms with Crippen LogP contribution >= 0.6 is 97.6 Å². The molecule has 0 radical (unpaired) electrons. The summed E-state index contributed by atoms with van der Waals surface area (Å²) in [5, 5.41) is 1.90. The molecule has 0 aromatic heterocycles. The number of hydrogen-bond donors (Lipinski definition) is 4.